The lowest BCUT2D eigenvalue weighted by Gasteiger charge is -2.02. The number of hydrogen-bond donors (Lipinski definition) is 2. The molecule has 0 bridgehead atoms. The summed E-state index contributed by atoms with van der Waals surface area (Å²) in [6.45, 7) is 0.220. The van der Waals surface area contributed by atoms with Gasteiger partial charge in [0.05, 0.1) is 6.61 Å². The topological polar surface area (TPSA) is 83.8 Å². The van der Waals surface area contributed by atoms with Crippen molar-refractivity contribution in [2.45, 2.75) is 51.4 Å². The highest BCUT2D eigenvalue weighted by atomic mass is 32.9. The van der Waals surface area contributed by atoms with E-state index in [9.17, 15) is 9.00 Å². The smallest absolute Gasteiger partial charge is 0.303 e. The van der Waals surface area contributed by atoms with Crippen LogP contribution in [0.5, 0.6) is 0 Å². The Balaban J connectivity index is 3.11. The highest BCUT2D eigenvalue weighted by Gasteiger charge is 1.99. The van der Waals surface area contributed by atoms with Crippen LogP contribution in [0.4, 0.5) is 0 Å². The van der Waals surface area contributed by atoms with Crippen molar-refractivity contribution in [3.63, 3.8) is 0 Å². The van der Waals surface area contributed by atoms with Crippen LogP contribution in [-0.4, -0.2) is 26.4 Å². The van der Waals surface area contributed by atoms with Crippen LogP contribution < -0.4 is 0 Å². The second-order valence-electron chi connectivity index (χ2n) is 3.87. The molecule has 0 aromatic carbocycles. The fourth-order valence-electron chi connectivity index (χ4n) is 1.43. The van der Waals surface area contributed by atoms with E-state index in [0.29, 0.717) is 0 Å². The molecule has 0 aromatic rings. The lowest BCUT2D eigenvalue weighted by atomic mass is 10.1. The highest BCUT2D eigenvalue weighted by molar-refractivity contribution is 8.27. The summed E-state index contributed by atoms with van der Waals surface area (Å²) in [7, 11) is -3.46. The van der Waals surface area contributed by atoms with Crippen molar-refractivity contribution in [2.24, 2.45) is 0 Å². The summed E-state index contributed by atoms with van der Waals surface area (Å²) in [6.07, 6.45) is 6.71. The fraction of sp³-hybridized carbons (Fsp3) is 0.900. The second-order valence-corrected chi connectivity index (χ2v) is 6.22. The average Bonchev–Trinajstić information content (AvgIpc) is 2.18. The Morgan fingerprint density at radius 2 is 1.53 bits per heavy atom. The summed E-state index contributed by atoms with van der Waals surface area (Å²) < 4.78 is 23.7. The summed E-state index contributed by atoms with van der Waals surface area (Å²) in [5.74, 6) is -0.737. The largest absolute Gasteiger partial charge is 0.481 e. The number of unbranched alkanes of at least 4 members (excludes halogenated alkanes) is 6. The van der Waals surface area contributed by atoms with Gasteiger partial charge in [-0.3, -0.25) is 13.5 Å². The molecular weight excluding hydrogens is 264 g/mol. The molecule has 0 fully saturated rings. The standard InChI is InChI=1S/C10H20O5S2/c11-10(12)8-6-4-2-1-3-5-7-9-15-17(13,14)16/h1-9H2,(H,11,12)(H,13,14,16). The number of carboxylic acids is 1. The first kappa shape index (κ1) is 16.8. The molecule has 0 saturated carbocycles. The van der Waals surface area contributed by atoms with Gasteiger partial charge >= 0.3 is 5.97 Å². The summed E-state index contributed by atoms with van der Waals surface area (Å²) in [4.78, 5) is 10.2. The minimum absolute atomic E-state index is 0.220. The van der Waals surface area contributed by atoms with Gasteiger partial charge in [0.25, 0.3) is 9.05 Å². The Hall–Kier alpha value is -0.240. The van der Waals surface area contributed by atoms with Crippen molar-refractivity contribution in [3.8, 4) is 0 Å². The van der Waals surface area contributed by atoms with Crippen LogP contribution in [0.15, 0.2) is 0 Å². The van der Waals surface area contributed by atoms with E-state index in [1.54, 1.807) is 0 Å². The third kappa shape index (κ3) is 15.8. The lowest BCUT2D eigenvalue weighted by molar-refractivity contribution is -0.137. The predicted molar refractivity (Wildman–Crippen MR) is 68.7 cm³/mol. The molecule has 7 heteroatoms. The first-order valence-corrected chi connectivity index (χ1v) is 8.12. The molecule has 0 rings (SSSR count). The van der Waals surface area contributed by atoms with Crippen LogP contribution in [0.2, 0.25) is 0 Å². The van der Waals surface area contributed by atoms with Gasteiger partial charge in [-0.2, -0.15) is 4.21 Å². The van der Waals surface area contributed by atoms with Crippen molar-refractivity contribution in [3.05, 3.63) is 0 Å². The van der Waals surface area contributed by atoms with E-state index in [-0.39, 0.29) is 13.0 Å². The van der Waals surface area contributed by atoms with Crippen molar-refractivity contribution < 1.29 is 22.8 Å². The molecule has 2 N–H and O–H groups in total. The van der Waals surface area contributed by atoms with Crippen LogP contribution in [0.25, 0.3) is 0 Å². The van der Waals surface area contributed by atoms with Crippen molar-refractivity contribution in [1.82, 2.24) is 0 Å². The van der Waals surface area contributed by atoms with Gasteiger partial charge in [-0.1, -0.05) is 32.1 Å². The first-order valence-electron chi connectivity index (χ1n) is 5.75. The van der Waals surface area contributed by atoms with E-state index in [4.69, 9.17) is 9.66 Å². The molecular formula is C10H20O5S2. The average molecular weight is 284 g/mol. The van der Waals surface area contributed by atoms with E-state index in [1.807, 2.05) is 0 Å². The molecule has 1 atom stereocenters. The Morgan fingerprint density at radius 3 is 2.00 bits per heavy atom. The maximum atomic E-state index is 10.5. The molecule has 0 aliphatic heterocycles. The molecule has 1 unspecified atom stereocenters. The first-order chi connectivity index (χ1) is 7.92. The summed E-state index contributed by atoms with van der Waals surface area (Å²) in [5, 5.41) is 8.41. The van der Waals surface area contributed by atoms with Crippen molar-refractivity contribution in [2.75, 3.05) is 6.61 Å². The van der Waals surface area contributed by atoms with Crippen molar-refractivity contribution >= 4 is 26.2 Å². The maximum Gasteiger partial charge on any atom is 0.303 e. The lowest BCUT2D eigenvalue weighted by Crippen LogP contribution is -2.03. The number of carboxylic acid groups (broad SMARTS) is 1. The third-order valence-electron chi connectivity index (χ3n) is 2.27. The van der Waals surface area contributed by atoms with Crippen LogP contribution in [0.3, 0.4) is 0 Å². The molecule has 102 valence electrons. The van der Waals surface area contributed by atoms with Crippen LogP contribution in [-0.2, 0) is 29.2 Å². The quantitative estimate of drug-likeness (QED) is 0.567. The number of aliphatic carboxylic acids is 1. The van der Waals surface area contributed by atoms with Crippen molar-refractivity contribution in [1.29, 1.82) is 0 Å². The monoisotopic (exact) mass is 284 g/mol. The molecule has 0 spiro atoms. The van der Waals surface area contributed by atoms with Gasteiger partial charge in [0.2, 0.25) is 0 Å². The molecule has 0 amide bonds. The SMILES string of the molecule is O=C(O)CCCCCCCCCOS(=O)(O)=S. The molecule has 0 aromatic heterocycles. The summed E-state index contributed by atoms with van der Waals surface area (Å²) >= 11 is 4.17. The van der Waals surface area contributed by atoms with E-state index in [1.165, 1.54) is 0 Å². The predicted octanol–water partition coefficient (Wildman–Crippen LogP) is 2.34. The number of carbonyl (C=O) groups is 1. The molecule has 0 heterocycles. The Bertz CT molecular complexity index is 300. The molecule has 0 radical (unpaired) electrons. The van der Waals surface area contributed by atoms with Gasteiger partial charge < -0.3 is 5.11 Å². The van der Waals surface area contributed by atoms with E-state index < -0.39 is 15.0 Å². The van der Waals surface area contributed by atoms with Gasteiger partial charge in [0, 0.05) is 17.6 Å². The Kier molecular flexibility index (Phi) is 9.62. The maximum absolute atomic E-state index is 10.5. The number of hydrogen-bond acceptors (Lipinski definition) is 4. The van der Waals surface area contributed by atoms with Gasteiger partial charge in [-0.25, -0.2) is 0 Å². The molecule has 0 saturated heterocycles. The minimum atomic E-state index is -3.46. The zero-order valence-electron chi connectivity index (χ0n) is 9.80. The zero-order valence-corrected chi connectivity index (χ0v) is 11.4. The minimum Gasteiger partial charge on any atom is -0.481 e. The van der Waals surface area contributed by atoms with Gasteiger partial charge in [-0.05, 0) is 12.8 Å². The molecule has 0 aliphatic carbocycles. The van der Waals surface area contributed by atoms with E-state index in [2.05, 4.69) is 15.4 Å². The highest BCUT2D eigenvalue weighted by Crippen LogP contribution is 2.08. The van der Waals surface area contributed by atoms with Gasteiger partial charge in [0.1, 0.15) is 0 Å². The van der Waals surface area contributed by atoms with Crippen LogP contribution in [0, 0.1) is 0 Å². The normalized spacial score (nSPS) is 14.4. The molecule has 5 nitrogen and oxygen atoms in total. The van der Waals surface area contributed by atoms with Crippen LogP contribution >= 0.6 is 0 Å². The van der Waals surface area contributed by atoms with Crippen LogP contribution in [0.1, 0.15) is 51.4 Å². The van der Waals surface area contributed by atoms with Gasteiger partial charge in [-0.15, -0.1) is 0 Å². The van der Waals surface area contributed by atoms with E-state index >= 15 is 0 Å². The summed E-state index contributed by atoms with van der Waals surface area (Å²) in [6, 6.07) is 0. The van der Waals surface area contributed by atoms with E-state index in [0.717, 1.165) is 44.9 Å². The Morgan fingerprint density at radius 1 is 1.06 bits per heavy atom. The van der Waals surface area contributed by atoms with Gasteiger partial charge in [0.15, 0.2) is 0 Å². The molecule has 17 heavy (non-hydrogen) atoms. The summed E-state index contributed by atoms with van der Waals surface area (Å²) in [5.41, 5.74) is 0. The second kappa shape index (κ2) is 9.76. The fourth-order valence-corrected chi connectivity index (χ4v) is 1.96. The number of rotatable bonds is 11. The molecule has 0 aliphatic rings. The Labute approximate surface area is 107 Å². The zero-order chi connectivity index (χ0) is 13.1. The third-order valence-corrected chi connectivity index (χ3v) is 3.02.